The Hall–Kier alpha value is -3.55. The molecule has 0 aliphatic carbocycles. The van der Waals surface area contributed by atoms with Gasteiger partial charge in [0.25, 0.3) is 0 Å². The number of ether oxygens (including phenoxy) is 1. The molecule has 1 aliphatic heterocycles. The Bertz CT molecular complexity index is 1300. The van der Waals surface area contributed by atoms with Gasteiger partial charge in [0.05, 0.1) is 42.6 Å². The van der Waals surface area contributed by atoms with Crippen molar-refractivity contribution in [2.24, 2.45) is 0 Å². The third kappa shape index (κ3) is 5.50. The molecule has 10 heteroatoms. The van der Waals surface area contributed by atoms with E-state index in [4.69, 9.17) is 10.00 Å². The summed E-state index contributed by atoms with van der Waals surface area (Å²) in [6.07, 6.45) is 3.07. The number of anilines is 2. The van der Waals surface area contributed by atoms with Gasteiger partial charge in [0, 0.05) is 31.3 Å². The number of sulfonamides is 1. The van der Waals surface area contributed by atoms with Crippen LogP contribution in [0.3, 0.4) is 0 Å². The third-order valence-electron chi connectivity index (χ3n) is 5.50. The molecule has 8 nitrogen and oxygen atoms in total. The van der Waals surface area contributed by atoms with Gasteiger partial charge in [0.15, 0.2) is 0 Å². The van der Waals surface area contributed by atoms with E-state index in [1.807, 2.05) is 17.0 Å². The standard InChI is InChI=1S/C24H24FN5O3S/c1-34(31,32)30(11-9-26)20-5-3-19(4-6-20)22-8-10-27-24(28-22)17-18-2-7-23(21(25)16-18)29-12-14-33-15-13-29/h2-8,10,16H,11-15,17H2,1H3. The van der Waals surface area contributed by atoms with Gasteiger partial charge in [0.1, 0.15) is 18.2 Å². The maximum atomic E-state index is 14.7. The van der Waals surface area contributed by atoms with E-state index in [1.165, 1.54) is 6.07 Å². The van der Waals surface area contributed by atoms with E-state index < -0.39 is 10.0 Å². The Morgan fingerprint density at radius 3 is 2.53 bits per heavy atom. The zero-order chi connectivity index (χ0) is 24.1. The third-order valence-corrected chi connectivity index (χ3v) is 6.64. The van der Waals surface area contributed by atoms with Gasteiger partial charge < -0.3 is 9.64 Å². The van der Waals surface area contributed by atoms with Crippen molar-refractivity contribution in [1.29, 1.82) is 5.26 Å². The monoisotopic (exact) mass is 481 g/mol. The van der Waals surface area contributed by atoms with Crippen molar-refractivity contribution >= 4 is 21.4 Å². The van der Waals surface area contributed by atoms with Crippen LogP contribution in [-0.2, 0) is 21.2 Å². The van der Waals surface area contributed by atoms with Crippen LogP contribution in [0, 0.1) is 17.1 Å². The molecular weight excluding hydrogens is 457 g/mol. The molecule has 3 aromatic rings. The highest BCUT2D eigenvalue weighted by Crippen LogP contribution is 2.25. The van der Waals surface area contributed by atoms with Crippen molar-refractivity contribution in [3.05, 3.63) is 71.9 Å². The minimum atomic E-state index is -3.57. The second kappa shape index (κ2) is 10.2. The number of nitriles is 1. The first kappa shape index (κ1) is 23.6. The second-order valence-electron chi connectivity index (χ2n) is 7.89. The quantitative estimate of drug-likeness (QED) is 0.478. The average Bonchev–Trinajstić information content (AvgIpc) is 2.83. The Morgan fingerprint density at radius 2 is 1.88 bits per heavy atom. The lowest BCUT2D eigenvalue weighted by Gasteiger charge is -2.29. The number of halogens is 1. The summed E-state index contributed by atoms with van der Waals surface area (Å²) in [6, 6.07) is 15.6. The molecule has 1 fully saturated rings. The highest BCUT2D eigenvalue weighted by Gasteiger charge is 2.18. The Labute approximate surface area is 198 Å². The first-order valence-electron chi connectivity index (χ1n) is 10.7. The molecule has 1 aromatic heterocycles. The van der Waals surface area contributed by atoms with Crippen molar-refractivity contribution in [2.75, 3.05) is 48.3 Å². The lowest BCUT2D eigenvalue weighted by atomic mass is 10.1. The van der Waals surface area contributed by atoms with Crippen LogP contribution in [0.2, 0.25) is 0 Å². The van der Waals surface area contributed by atoms with E-state index >= 15 is 0 Å². The summed E-state index contributed by atoms with van der Waals surface area (Å²) in [5.41, 5.74) is 3.17. The largest absolute Gasteiger partial charge is 0.378 e. The van der Waals surface area contributed by atoms with Gasteiger partial charge in [-0.15, -0.1) is 0 Å². The van der Waals surface area contributed by atoms with Crippen LogP contribution < -0.4 is 9.21 Å². The van der Waals surface area contributed by atoms with Gasteiger partial charge in [-0.05, 0) is 35.9 Å². The summed E-state index contributed by atoms with van der Waals surface area (Å²) < 4.78 is 45.0. The van der Waals surface area contributed by atoms with Crippen LogP contribution in [0.1, 0.15) is 11.4 Å². The van der Waals surface area contributed by atoms with Crippen LogP contribution >= 0.6 is 0 Å². The van der Waals surface area contributed by atoms with E-state index in [1.54, 1.807) is 42.6 Å². The minimum absolute atomic E-state index is 0.267. The van der Waals surface area contributed by atoms with Crippen LogP contribution in [0.5, 0.6) is 0 Å². The number of hydrogen-bond acceptors (Lipinski definition) is 7. The van der Waals surface area contributed by atoms with Crippen LogP contribution in [0.4, 0.5) is 15.8 Å². The number of aromatic nitrogens is 2. The Morgan fingerprint density at radius 1 is 1.15 bits per heavy atom. The Kier molecular flexibility index (Phi) is 7.05. The van der Waals surface area contributed by atoms with E-state index in [0.29, 0.717) is 55.6 Å². The lowest BCUT2D eigenvalue weighted by molar-refractivity contribution is 0.122. The van der Waals surface area contributed by atoms with E-state index in [0.717, 1.165) is 21.7 Å². The minimum Gasteiger partial charge on any atom is -0.378 e. The van der Waals surface area contributed by atoms with Crippen molar-refractivity contribution in [3.8, 4) is 17.3 Å². The summed E-state index contributed by atoms with van der Waals surface area (Å²) in [5.74, 6) is 0.265. The first-order valence-corrected chi connectivity index (χ1v) is 12.6. The van der Waals surface area contributed by atoms with Gasteiger partial charge in [-0.3, -0.25) is 4.31 Å². The van der Waals surface area contributed by atoms with E-state index in [-0.39, 0.29) is 12.4 Å². The van der Waals surface area contributed by atoms with Gasteiger partial charge in [0.2, 0.25) is 10.0 Å². The van der Waals surface area contributed by atoms with Gasteiger partial charge >= 0.3 is 0 Å². The van der Waals surface area contributed by atoms with E-state index in [2.05, 4.69) is 9.97 Å². The molecule has 0 bridgehead atoms. The summed E-state index contributed by atoms with van der Waals surface area (Å²) in [6.45, 7) is 2.24. The number of hydrogen-bond donors (Lipinski definition) is 0. The topological polar surface area (TPSA) is 99.4 Å². The number of nitrogens with zero attached hydrogens (tertiary/aromatic N) is 5. The van der Waals surface area contributed by atoms with Crippen LogP contribution in [0.25, 0.3) is 11.3 Å². The van der Waals surface area contributed by atoms with Gasteiger partial charge in [-0.25, -0.2) is 22.8 Å². The first-order chi connectivity index (χ1) is 16.3. The maximum Gasteiger partial charge on any atom is 0.233 e. The summed E-state index contributed by atoms with van der Waals surface area (Å²) in [7, 11) is -3.57. The normalized spacial score (nSPS) is 14.0. The fourth-order valence-corrected chi connectivity index (χ4v) is 4.61. The highest BCUT2D eigenvalue weighted by atomic mass is 32.2. The smallest absolute Gasteiger partial charge is 0.233 e. The fourth-order valence-electron chi connectivity index (χ4n) is 3.81. The number of morpholine rings is 1. The molecule has 0 spiro atoms. The Balaban J connectivity index is 1.51. The van der Waals surface area contributed by atoms with Crippen molar-refractivity contribution in [2.45, 2.75) is 6.42 Å². The van der Waals surface area contributed by atoms with Crippen LogP contribution in [-0.4, -0.2) is 57.5 Å². The molecule has 34 heavy (non-hydrogen) atoms. The molecule has 0 atom stereocenters. The molecule has 1 saturated heterocycles. The number of rotatable bonds is 7. The van der Waals surface area contributed by atoms with Crippen molar-refractivity contribution < 1.29 is 17.5 Å². The predicted octanol–water partition coefficient (Wildman–Crippen LogP) is 3.00. The molecule has 4 rings (SSSR count). The summed E-state index contributed by atoms with van der Waals surface area (Å²) in [4.78, 5) is 10.9. The molecule has 0 radical (unpaired) electrons. The van der Waals surface area contributed by atoms with Gasteiger partial charge in [-0.2, -0.15) is 5.26 Å². The molecule has 0 N–H and O–H groups in total. The molecule has 0 unspecified atom stereocenters. The molecular formula is C24H24FN5O3S. The molecule has 1 aliphatic rings. The zero-order valence-corrected chi connectivity index (χ0v) is 19.5. The van der Waals surface area contributed by atoms with Crippen LogP contribution in [0.15, 0.2) is 54.7 Å². The molecule has 2 aromatic carbocycles. The lowest BCUT2D eigenvalue weighted by Crippen LogP contribution is -2.36. The summed E-state index contributed by atoms with van der Waals surface area (Å²) >= 11 is 0. The zero-order valence-electron chi connectivity index (χ0n) is 18.7. The SMILES string of the molecule is CS(=O)(=O)N(CC#N)c1ccc(-c2ccnc(Cc3ccc(N4CCOCC4)c(F)c3)n2)cc1. The number of benzene rings is 2. The van der Waals surface area contributed by atoms with E-state index in [9.17, 15) is 12.8 Å². The fraction of sp³-hybridized carbons (Fsp3) is 0.292. The molecule has 2 heterocycles. The van der Waals surface area contributed by atoms with Crippen molar-refractivity contribution in [3.63, 3.8) is 0 Å². The maximum absolute atomic E-state index is 14.7. The predicted molar refractivity (Wildman–Crippen MR) is 128 cm³/mol. The summed E-state index contributed by atoms with van der Waals surface area (Å²) in [5, 5.41) is 8.94. The average molecular weight is 482 g/mol. The molecule has 176 valence electrons. The van der Waals surface area contributed by atoms with Crippen molar-refractivity contribution in [1.82, 2.24) is 9.97 Å². The van der Waals surface area contributed by atoms with Gasteiger partial charge in [-0.1, -0.05) is 18.2 Å². The molecule has 0 amide bonds. The molecule has 0 saturated carbocycles. The second-order valence-corrected chi connectivity index (χ2v) is 9.80. The highest BCUT2D eigenvalue weighted by molar-refractivity contribution is 7.92.